The van der Waals surface area contributed by atoms with E-state index in [4.69, 9.17) is 5.73 Å². The Morgan fingerprint density at radius 2 is 1.95 bits per heavy atom. The predicted octanol–water partition coefficient (Wildman–Crippen LogP) is 3.67. The summed E-state index contributed by atoms with van der Waals surface area (Å²) in [6.07, 6.45) is -0.839. The molecule has 20 heavy (non-hydrogen) atoms. The van der Waals surface area contributed by atoms with E-state index in [1.165, 1.54) is 6.07 Å². The van der Waals surface area contributed by atoms with Crippen LogP contribution in [0.4, 0.5) is 4.39 Å². The van der Waals surface area contributed by atoms with E-state index in [9.17, 15) is 9.50 Å². The molecule has 2 rings (SSSR count). The zero-order valence-electron chi connectivity index (χ0n) is 11.2. The molecule has 0 fully saturated rings. The lowest BCUT2D eigenvalue weighted by atomic mass is 9.89. The van der Waals surface area contributed by atoms with E-state index >= 15 is 0 Å². The molecule has 0 bridgehead atoms. The highest BCUT2D eigenvalue weighted by Gasteiger charge is 2.23. The van der Waals surface area contributed by atoms with Gasteiger partial charge in [0, 0.05) is 16.9 Å². The quantitative estimate of drug-likeness (QED) is 0.893. The Bertz CT molecular complexity index is 603. The van der Waals surface area contributed by atoms with Gasteiger partial charge in [0.05, 0.1) is 6.10 Å². The van der Waals surface area contributed by atoms with Gasteiger partial charge in [-0.3, -0.25) is 0 Å². The van der Waals surface area contributed by atoms with Gasteiger partial charge in [-0.25, -0.2) is 4.39 Å². The van der Waals surface area contributed by atoms with Crippen molar-refractivity contribution in [2.24, 2.45) is 5.73 Å². The zero-order chi connectivity index (χ0) is 14.7. The summed E-state index contributed by atoms with van der Waals surface area (Å²) in [4.78, 5) is 0. The minimum atomic E-state index is -0.839. The average molecular weight is 338 g/mol. The molecule has 0 aliphatic heterocycles. The minimum absolute atomic E-state index is 0.277. The summed E-state index contributed by atoms with van der Waals surface area (Å²) in [5.74, 6) is -0.600. The van der Waals surface area contributed by atoms with E-state index in [-0.39, 0.29) is 18.3 Å². The van der Waals surface area contributed by atoms with E-state index in [1.54, 1.807) is 19.1 Å². The third-order valence-corrected chi connectivity index (χ3v) is 4.20. The Morgan fingerprint density at radius 1 is 1.25 bits per heavy atom. The number of hydrogen-bond donors (Lipinski definition) is 2. The van der Waals surface area contributed by atoms with E-state index in [0.29, 0.717) is 11.1 Å². The molecule has 3 N–H and O–H groups in total. The molecular weight excluding hydrogens is 321 g/mol. The maximum Gasteiger partial charge on any atom is 0.126 e. The maximum atomic E-state index is 13.6. The minimum Gasteiger partial charge on any atom is -0.388 e. The lowest BCUT2D eigenvalue weighted by Crippen LogP contribution is -2.20. The summed E-state index contributed by atoms with van der Waals surface area (Å²) in [7, 11) is 0. The molecule has 0 saturated heterocycles. The normalized spacial score (nSPS) is 14.1. The third-order valence-electron chi connectivity index (χ3n) is 3.48. The van der Waals surface area contributed by atoms with Crippen molar-refractivity contribution in [1.82, 2.24) is 0 Å². The fourth-order valence-corrected chi connectivity index (χ4v) is 2.81. The van der Waals surface area contributed by atoms with Gasteiger partial charge in [0.15, 0.2) is 0 Å². The van der Waals surface area contributed by atoms with Gasteiger partial charge in [0.1, 0.15) is 5.82 Å². The topological polar surface area (TPSA) is 46.2 Å². The number of aliphatic hydroxyl groups excluding tert-OH is 1. The first-order valence-electron chi connectivity index (χ1n) is 6.43. The van der Waals surface area contributed by atoms with Crippen LogP contribution >= 0.6 is 15.9 Å². The first-order chi connectivity index (χ1) is 9.54. The molecule has 0 saturated carbocycles. The van der Waals surface area contributed by atoms with E-state index in [0.717, 1.165) is 10.0 Å². The lowest BCUT2D eigenvalue weighted by molar-refractivity contribution is 0.147. The van der Waals surface area contributed by atoms with Crippen LogP contribution in [0.25, 0.3) is 0 Å². The van der Waals surface area contributed by atoms with Crippen molar-refractivity contribution < 1.29 is 9.50 Å². The molecule has 2 atom stereocenters. The Balaban J connectivity index is 2.36. The summed E-state index contributed by atoms with van der Waals surface area (Å²) >= 11 is 3.46. The van der Waals surface area contributed by atoms with Crippen LogP contribution in [0.2, 0.25) is 0 Å². The number of halogens is 2. The fraction of sp³-hybridized carbons (Fsp3) is 0.250. The fourth-order valence-electron chi connectivity index (χ4n) is 2.23. The third kappa shape index (κ3) is 3.08. The molecule has 0 amide bonds. The SMILES string of the molecule is Cc1ccc(C(O)C(CN)c2ccccc2Br)cc1F. The maximum absolute atomic E-state index is 13.6. The van der Waals surface area contributed by atoms with Gasteiger partial charge in [0.25, 0.3) is 0 Å². The lowest BCUT2D eigenvalue weighted by Gasteiger charge is -2.23. The number of nitrogens with two attached hydrogens (primary N) is 1. The van der Waals surface area contributed by atoms with E-state index in [2.05, 4.69) is 15.9 Å². The zero-order valence-corrected chi connectivity index (χ0v) is 12.8. The Labute approximate surface area is 126 Å². The summed E-state index contributed by atoms with van der Waals surface area (Å²) in [5, 5.41) is 10.5. The first kappa shape index (κ1) is 15.2. The molecule has 2 nitrogen and oxygen atoms in total. The Kier molecular flexibility index (Phi) is 4.91. The molecule has 4 heteroatoms. The van der Waals surface area contributed by atoms with Gasteiger partial charge in [-0.05, 0) is 35.7 Å². The predicted molar refractivity (Wildman–Crippen MR) is 82.0 cm³/mol. The highest BCUT2D eigenvalue weighted by molar-refractivity contribution is 9.10. The Hall–Kier alpha value is -1.23. The first-order valence-corrected chi connectivity index (χ1v) is 7.22. The molecule has 0 aliphatic rings. The molecule has 2 unspecified atom stereocenters. The molecule has 106 valence electrons. The van der Waals surface area contributed by atoms with Gasteiger partial charge < -0.3 is 10.8 Å². The summed E-state index contributed by atoms with van der Waals surface area (Å²) in [6, 6.07) is 12.4. The van der Waals surface area contributed by atoms with Crippen molar-refractivity contribution in [1.29, 1.82) is 0 Å². The summed E-state index contributed by atoms with van der Waals surface area (Å²) < 4.78 is 14.5. The Morgan fingerprint density at radius 3 is 2.55 bits per heavy atom. The second kappa shape index (κ2) is 6.48. The van der Waals surface area contributed by atoms with Crippen LogP contribution in [-0.2, 0) is 0 Å². The van der Waals surface area contributed by atoms with Crippen LogP contribution in [-0.4, -0.2) is 11.7 Å². The van der Waals surface area contributed by atoms with E-state index < -0.39 is 6.10 Å². The monoisotopic (exact) mass is 337 g/mol. The van der Waals surface area contributed by atoms with Gasteiger partial charge in [0.2, 0.25) is 0 Å². The van der Waals surface area contributed by atoms with Crippen LogP contribution in [0.15, 0.2) is 46.9 Å². The van der Waals surface area contributed by atoms with Crippen LogP contribution in [0.5, 0.6) is 0 Å². The largest absolute Gasteiger partial charge is 0.388 e. The number of benzene rings is 2. The van der Waals surface area contributed by atoms with E-state index in [1.807, 2.05) is 24.3 Å². The van der Waals surface area contributed by atoms with Gasteiger partial charge in [-0.15, -0.1) is 0 Å². The van der Waals surface area contributed by atoms with Crippen LogP contribution in [0.3, 0.4) is 0 Å². The van der Waals surface area contributed by atoms with Crippen LogP contribution in [0.1, 0.15) is 28.7 Å². The molecular formula is C16H17BrFNO. The van der Waals surface area contributed by atoms with Crippen molar-refractivity contribution >= 4 is 15.9 Å². The molecule has 0 aromatic heterocycles. The van der Waals surface area contributed by atoms with Crippen molar-refractivity contribution in [2.45, 2.75) is 18.9 Å². The number of aryl methyl sites for hydroxylation is 1. The van der Waals surface area contributed by atoms with Crippen molar-refractivity contribution in [3.05, 3.63) is 69.4 Å². The summed E-state index contributed by atoms with van der Waals surface area (Å²) in [5.41, 5.74) is 7.83. The van der Waals surface area contributed by atoms with Gasteiger partial charge >= 0.3 is 0 Å². The molecule has 0 radical (unpaired) electrons. The molecule has 0 heterocycles. The average Bonchev–Trinajstić information content (AvgIpc) is 2.44. The molecule has 0 aliphatic carbocycles. The number of hydrogen-bond acceptors (Lipinski definition) is 2. The standard InChI is InChI=1S/C16H17BrFNO/c1-10-6-7-11(8-15(10)18)16(20)13(9-19)12-4-2-3-5-14(12)17/h2-8,13,16,20H,9,19H2,1H3. The van der Waals surface area contributed by atoms with Crippen LogP contribution in [0, 0.1) is 12.7 Å². The summed E-state index contributed by atoms with van der Waals surface area (Å²) in [6.45, 7) is 1.97. The number of rotatable bonds is 4. The van der Waals surface area contributed by atoms with Gasteiger partial charge in [-0.2, -0.15) is 0 Å². The second-order valence-corrected chi connectivity index (χ2v) is 5.67. The van der Waals surface area contributed by atoms with Gasteiger partial charge in [-0.1, -0.05) is 46.3 Å². The smallest absolute Gasteiger partial charge is 0.126 e. The second-order valence-electron chi connectivity index (χ2n) is 4.82. The highest BCUT2D eigenvalue weighted by atomic mass is 79.9. The van der Waals surface area contributed by atoms with Crippen molar-refractivity contribution in [2.75, 3.05) is 6.54 Å². The highest BCUT2D eigenvalue weighted by Crippen LogP contribution is 2.34. The molecule has 2 aromatic rings. The van der Waals surface area contributed by atoms with Crippen molar-refractivity contribution in [3.8, 4) is 0 Å². The van der Waals surface area contributed by atoms with Crippen LogP contribution < -0.4 is 5.73 Å². The molecule has 0 spiro atoms. The van der Waals surface area contributed by atoms with Crippen molar-refractivity contribution in [3.63, 3.8) is 0 Å². The number of aliphatic hydroxyl groups is 1. The molecule has 2 aromatic carbocycles.